The number of methoxy groups -OCH3 is 2. The average Bonchev–Trinajstić information content (AvgIpc) is 3.11. The van der Waals surface area contributed by atoms with Gasteiger partial charge in [-0.1, -0.05) is 0 Å². The molecule has 1 N–H and O–H groups in total. The van der Waals surface area contributed by atoms with Crippen LogP contribution in [-0.2, 0) is 16.0 Å². The second-order valence-electron chi connectivity index (χ2n) is 6.22. The van der Waals surface area contributed by atoms with Crippen LogP contribution in [0.25, 0.3) is 17.0 Å². The maximum atomic E-state index is 13.4. The lowest BCUT2D eigenvalue weighted by Gasteiger charge is -2.07. The van der Waals surface area contributed by atoms with Gasteiger partial charge in [0, 0.05) is 28.7 Å². The molecule has 1 aromatic heterocycles. The molecule has 1 heterocycles. The molecule has 0 aliphatic heterocycles. The van der Waals surface area contributed by atoms with Gasteiger partial charge in [0.15, 0.2) is 0 Å². The lowest BCUT2D eigenvalue weighted by Crippen LogP contribution is -2.03. The monoisotopic (exact) mass is 383 g/mol. The summed E-state index contributed by atoms with van der Waals surface area (Å²) in [5.74, 6) is 0.605. The lowest BCUT2D eigenvalue weighted by atomic mass is 10.1. The van der Waals surface area contributed by atoms with E-state index in [1.807, 2.05) is 6.20 Å². The average molecular weight is 383 g/mol. The first kappa shape index (κ1) is 19.5. The van der Waals surface area contributed by atoms with E-state index in [2.05, 4.69) is 4.98 Å². The van der Waals surface area contributed by atoms with Gasteiger partial charge in [0.25, 0.3) is 0 Å². The fourth-order valence-corrected chi connectivity index (χ4v) is 2.97. The molecule has 0 unspecified atom stereocenters. The van der Waals surface area contributed by atoms with Crippen LogP contribution in [0.3, 0.4) is 0 Å². The van der Waals surface area contributed by atoms with Gasteiger partial charge in [-0.25, -0.2) is 9.18 Å². The summed E-state index contributed by atoms with van der Waals surface area (Å²) >= 11 is 0. The topological polar surface area (TPSA) is 60.6 Å². The number of aromatic nitrogens is 1. The van der Waals surface area contributed by atoms with Crippen LogP contribution >= 0.6 is 0 Å². The number of nitrogens with one attached hydrogen (secondary N) is 1. The number of carbonyl (C=O) groups excluding carboxylic acids is 1. The van der Waals surface area contributed by atoms with Crippen LogP contribution in [-0.4, -0.2) is 31.8 Å². The number of ether oxygens (including phenoxy) is 3. The SMILES string of the molecule is COc1ccc(OC)c(/C=C/C(=O)OCCCc2c[nH]c3ccc(F)cc23)c1. The van der Waals surface area contributed by atoms with E-state index in [1.165, 1.54) is 18.2 Å². The summed E-state index contributed by atoms with van der Waals surface area (Å²) in [6, 6.07) is 9.98. The van der Waals surface area contributed by atoms with Crippen LogP contribution in [0.15, 0.2) is 48.7 Å². The Morgan fingerprint density at radius 1 is 1.14 bits per heavy atom. The largest absolute Gasteiger partial charge is 0.497 e. The minimum Gasteiger partial charge on any atom is -0.497 e. The first-order valence-electron chi connectivity index (χ1n) is 8.93. The number of H-pyrrole nitrogens is 1. The molecule has 6 heteroatoms. The van der Waals surface area contributed by atoms with Gasteiger partial charge in [-0.05, 0) is 60.9 Å². The number of esters is 1. The number of benzene rings is 2. The van der Waals surface area contributed by atoms with Crippen molar-refractivity contribution in [1.82, 2.24) is 4.98 Å². The molecule has 0 radical (unpaired) electrons. The first-order valence-corrected chi connectivity index (χ1v) is 8.93. The summed E-state index contributed by atoms with van der Waals surface area (Å²) < 4.78 is 29.1. The number of aromatic amines is 1. The molecular weight excluding hydrogens is 361 g/mol. The van der Waals surface area contributed by atoms with E-state index in [4.69, 9.17) is 14.2 Å². The number of rotatable bonds is 8. The van der Waals surface area contributed by atoms with Gasteiger partial charge in [-0.2, -0.15) is 0 Å². The maximum absolute atomic E-state index is 13.4. The quantitative estimate of drug-likeness (QED) is 0.353. The van der Waals surface area contributed by atoms with Crippen LogP contribution in [0.2, 0.25) is 0 Å². The Balaban J connectivity index is 1.52. The van der Waals surface area contributed by atoms with Crippen LogP contribution in [0, 0.1) is 5.82 Å². The van der Waals surface area contributed by atoms with Gasteiger partial charge in [0.1, 0.15) is 17.3 Å². The normalized spacial score (nSPS) is 11.1. The molecule has 0 atom stereocenters. The summed E-state index contributed by atoms with van der Waals surface area (Å²) in [6.07, 6.45) is 6.18. The molecule has 146 valence electrons. The van der Waals surface area contributed by atoms with Crippen molar-refractivity contribution in [2.75, 3.05) is 20.8 Å². The zero-order chi connectivity index (χ0) is 19.9. The summed E-state index contributed by atoms with van der Waals surface area (Å²) in [5, 5.41) is 0.858. The van der Waals surface area contributed by atoms with E-state index in [0.29, 0.717) is 24.3 Å². The molecule has 5 nitrogen and oxygen atoms in total. The molecular formula is C22H22FNO4. The molecule has 3 rings (SSSR count). The molecule has 2 aromatic carbocycles. The molecule has 0 amide bonds. The predicted molar refractivity (Wildman–Crippen MR) is 106 cm³/mol. The highest BCUT2D eigenvalue weighted by atomic mass is 19.1. The van der Waals surface area contributed by atoms with Crippen molar-refractivity contribution in [2.45, 2.75) is 12.8 Å². The Morgan fingerprint density at radius 2 is 2.00 bits per heavy atom. The minimum absolute atomic E-state index is 0.266. The number of hydrogen-bond acceptors (Lipinski definition) is 4. The summed E-state index contributed by atoms with van der Waals surface area (Å²) in [4.78, 5) is 15.1. The van der Waals surface area contributed by atoms with Gasteiger partial charge < -0.3 is 19.2 Å². The first-order chi connectivity index (χ1) is 13.6. The van der Waals surface area contributed by atoms with E-state index in [1.54, 1.807) is 44.6 Å². The summed E-state index contributed by atoms with van der Waals surface area (Å²) in [5.41, 5.74) is 2.62. The van der Waals surface area contributed by atoms with Gasteiger partial charge in [0.2, 0.25) is 0 Å². The molecule has 0 fully saturated rings. The Kier molecular flexibility index (Phi) is 6.32. The standard InChI is InChI=1S/C22H22FNO4/c1-26-18-7-9-21(27-2)15(12-18)5-10-22(25)28-11-3-4-16-14-24-20-8-6-17(23)13-19(16)20/h5-10,12-14,24H,3-4,11H2,1-2H3/b10-5+. The second-order valence-corrected chi connectivity index (χ2v) is 6.22. The molecule has 0 saturated carbocycles. The highest BCUT2D eigenvalue weighted by Crippen LogP contribution is 2.25. The van der Waals surface area contributed by atoms with E-state index in [0.717, 1.165) is 22.0 Å². The Bertz CT molecular complexity index is 993. The maximum Gasteiger partial charge on any atom is 0.330 e. The van der Waals surface area contributed by atoms with Crippen molar-refractivity contribution in [1.29, 1.82) is 0 Å². The van der Waals surface area contributed by atoms with Crippen LogP contribution in [0.5, 0.6) is 11.5 Å². The highest BCUT2D eigenvalue weighted by Gasteiger charge is 2.06. The highest BCUT2D eigenvalue weighted by molar-refractivity contribution is 5.87. The smallest absolute Gasteiger partial charge is 0.330 e. The molecule has 0 aliphatic rings. The third-order valence-electron chi connectivity index (χ3n) is 4.40. The number of hydrogen-bond donors (Lipinski definition) is 1. The number of fused-ring (bicyclic) bond motifs is 1. The third kappa shape index (κ3) is 4.71. The van der Waals surface area contributed by atoms with Gasteiger partial charge >= 0.3 is 5.97 Å². The van der Waals surface area contributed by atoms with Gasteiger partial charge in [-0.15, -0.1) is 0 Å². The van der Waals surface area contributed by atoms with Crippen LogP contribution < -0.4 is 9.47 Å². The predicted octanol–water partition coefficient (Wildman–Crippen LogP) is 4.51. The van der Waals surface area contributed by atoms with E-state index in [-0.39, 0.29) is 12.4 Å². The molecule has 3 aromatic rings. The van der Waals surface area contributed by atoms with E-state index in [9.17, 15) is 9.18 Å². The van der Waals surface area contributed by atoms with Crippen molar-refractivity contribution in [3.8, 4) is 11.5 Å². The van der Waals surface area contributed by atoms with Crippen LogP contribution in [0.4, 0.5) is 4.39 Å². The van der Waals surface area contributed by atoms with Gasteiger partial charge in [0.05, 0.1) is 20.8 Å². The molecule has 0 bridgehead atoms. The zero-order valence-electron chi connectivity index (χ0n) is 15.8. The van der Waals surface area contributed by atoms with Crippen LogP contribution in [0.1, 0.15) is 17.5 Å². The van der Waals surface area contributed by atoms with Crippen molar-refractivity contribution in [3.63, 3.8) is 0 Å². The molecule has 28 heavy (non-hydrogen) atoms. The number of halogens is 1. The number of aryl methyl sites for hydroxylation is 1. The van der Waals surface area contributed by atoms with Crippen molar-refractivity contribution in [2.24, 2.45) is 0 Å². The molecule has 0 spiro atoms. The summed E-state index contributed by atoms with van der Waals surface area (Å²) in [7, 11) is 3.14. The van der Waals surface area contributed by atoms with Gasteiger partial charge in [-0.3, -0.25) is 0 Å². The Morgan fingerprint density at radius 3 is 2.79 bits per heavy atom. The van der Waals surface area contributed by atoms with E-state index >= 15 is 0 Å². The third-order valence-corrected chi connectivity index (χ3v) is 4.40. The fraction of sp³-hybridized carbons (Fsp3) is 0.227. The Labute approximate surface area is 162 Å². The minimum atomic E-state index is -0.435. The molecule has 0 aliphatic carbocycles. The lowest BCUT2D eigenvalue weighted by molar-refractivity contribution is -0.137. The second kappa shape index (κ2) is 9.08. The number of carbonyl (C=O) groups is 1. The van der Waals surface area contributed by atoms with Crippen molar-refractivity contribution in [3.05, 3.63) is 65.6 Å². The van der Waals surface area contributed by atoms with E-state index < -0.39 is 5.97 Å². The molecule has 0 saturated heterocycles. The summed E-state index contributed by atoms with van der Waals surface area (Å²) in [6.45, 7) is 0.278. The van der Waals surface area contributed by atoms with Crippen molar-refractivity contribution < 1.29 is 23.4 Å². The zero-order valence-corrected chi connectivity index (χ0v) is 15.8. The Hall–Kier alpha value is -3.28. The fourth-order valence-electron chi connectivity index (χ4n) is 2.97. The van der Waals surface area contributed by atoms with Crippen molar-refractivity contribution >= 4 is 22.9 Å².